The first kappa shape index (κ1) is 7.37. The van der Waals surface area contributed by atoms with E-state index in [1.54, 1.807) is 19.3 Å². The van der Waals surface area contributed by atoms with Gasteiger partial charge in [-0.05, 0) is 68.9 Å². The lowest BCUT2D eigenvalue weighted by Crippen LogP contribution is -2.24. The smallest absolute Gasteiger partial charge is 0.00202 e. The zero-order valence-corrected chi connectivity index (χ0v) is 7.76. The molecule has 3 rings (SSSR count). The molecule has 12 heavy (non-hydrogen) atoms. The van der Waals surface area contributed by atoms with Gasteiger partial charge in [0.05, 0.1) is 0 Å². The molecule has 68 valence electrons. The summed E-state index contributed by atoms with van der Waals surface area (Å²) in [6.45, 7) is 2.63. The average molecular weight is 165 g/mol. The summed E-state index contributed by atoms with van der Waals surface area (Å²) in [6, 6.07) is 0. The van der Waals surface area contributed by atoms with E-state index >= 15 is 0 Å². The van der Waals surface area contributed by atoms with Crippen LogP contribution < -0.4 is 5.32 Å². The molecule has 0 heterocycles. The van der Waals surface area contributed by atoms with E-state index in [9.17, 15) is 0 Å². The Kier molecular flexibility index (Phi) is 1.68. The molecule has 1 N–H and O–H groups in total. The van der Waals surface area contributed by atoms with Crippen LogP contribution in [0.4, 0.5) is 0 Å². The number of hydrogen-bond acceptors (Lipinski definition) is 1. The standard InChI is InChI=1S/C11H19N/c1-2-8(1)6-12-7-9-3-10-5-11(10)4-9/h8-12H,1-7H2. The lowest BCUT2D eigenvalue weighted by atomic mass is 10.0. The molecule has 0 aromatic heterocycles. The maximum atomic E-state index is 3.63. The van der Waals surface area contributed by atoms with E-state index in [1.807, 2.05) is 0 Å². The fourth-order valence-electron chi connectivity index (χ4n) is 2.82. The lowest BCUT2D eigenvalue weighted by molar-refractivity contribution is 0.442. The molecule has 0 radical (unpaired) electrons. The van der Waals surface area contributed by atoms with Gasteiger partial charge in [0, 0.05) is 0 Å². The Morgan fingerprint density at radius 2 is 1.50 bits per heavy atom. The quantitative estimate of drug-likeness (QED) is 0.672. The lowest BCUT2D eigenvalue weighted by Gasteiger charge is -2.11. The predicted octanol–water partition coefficient (Wildman–Crippen LogP) is 2.03. The van der Waals surface area contributed by atoms with Gasteiger partial charge in [0.15, 0.2) is 0 Å². The Bertz CT molecular complexity index is 164. The fraction of sp³-hybridized carbons (Fsp3) is 1.00. The number of hydrogen-bond donors (Lipinski definition) is 1. The van der Waals surface area contributed by atoms with Crippen LogP contribution in [0.1, 0.15) is 32.1 Å². The molecular formula is C11H19N. The van der Waals surface area contributed by atoms with Crippen molar-refractivity contribution < 1.29 is 0 Å². The van der Waals surface area contributed by atoms with Crippen LogP contribution >= 0.6 is 0 Å². The van der Waals surface area contributed by atoms with Crippen LogP contribution in [0.2, 0.25) is 0 Å². The van der Waals surface area contributed by atoms with Crippen molar-refractivity contribution in [2.24, 2.45) is 23.7 Å². The fourth-order valence-corrected chi connectivity index (χ4v) is 2.82. The maximum absolute atomic E-state index is 3.63. The zero-order chi connectivity index (χ0) is 7.97. The zero-order valence-electron chi connectivity index (χ0n) is 7.76. The highest BCUT2D eigenvalue weighted by Crippen LogP contribution is 2.54. The van der Waals surface area contributed by atoms with Crippen molar-refractivity contribution in [1.82, 2.24) is 5.32 Å². The highest BCUT2D eigenvalue weighted by Gasteiger charge is 2.45. The highest BCUT2D eigenvalue weighted by atomic mass is 14.9. The van der Waals surface area contributed by atoms with E-state index < -0.39 is 0 Å². The van der Waals surface area contributed by atoms with Gasteiger partial charge in [-0.2, -0.15) is 0 Å². The van der Waals surface area contributed by atoms with Crippen molar-refractivity contribution >= 4 is 0 Å². The summed E-state index contributed by atoms with van der Waals surface area (Å²) < 4.78 is 0. The van der Waals surface area contributed by atoms with E-state index in [4.69, 9.17) is 0 Å². The Morgan fingerprint density at radius 3 is 2.17 bits per heavy atom. The van der Waals surface area contributed by atoms with Gasteiger partial charge in [0.25, 0.3) is 0 Å². The average Bonchev–Trinajstić information content (AvgIpc) is 2.95. The third-order valence-corrected chi connectivity index (χ3v) is 3.90. The summed E-state index contributed by atoms with van der Waals surface area (Å²) in [7, 11) is 0. The maximum Gasteiger partial charge on any atom is -0.00202 e. The molecule has 0 spiro atoms. The van der Waals surface area contributed by atoms with Crippen LogP contribution in [0.25, 0.3) is 0 Å². The molecule has 0 aliphatic heterocycles. The minimum absolute atomic E-state index is 1.05. The summed E-state index contributed by atoms with van der Waals surface area (Å²) in [5, 5.41) is 3.63. The van der Waals surface area contributed by atoms with Gasteiger partial charge in [-0.3, -0.25) is 0 Å². The van der Waals surface area contributed by atoms with E-state index in [1.165, 1.54) is 25.9 Å². The number of nitrogens with one attached hydrogen (secondary N) is 1. The first-order valence-electron chi connectivity index (χ1n) is 5.62. The summed E-state index contributed by atoms with van der Waals surface area (Å²) in [6.07, 6.45) is 7.63. The van der Waals surface area contributed by atoms with Crippen molar-refractivity contribution in [3.05, 3.63) is 0 Å². The topological polar surface area (TPSA) is 12.0 Å². The van der Waals surface area contributed by atoms with Gasteiger partial charge in [-0.1, -0.05) is 0 Å². The first-order valence-corrected chi connectivity index (χ1v) is 5.62. The third-order valence-electron chi connectivity index (χ3n) is 3.90. The first-order chi connectivity index (χ1) is 5.92. The SMILES string of the molecule is C1CC1CNCC1CC2CC2C1. The molecule has 3 fully saturated rings. The Balaban J connectivity index is 1.33. The van der Waals surface area contributed by atoms with Crippen molar-refractivity contribution in [2.75, 3.05) is 13.1 Å². The van der Waals surface area contributed by atoms with Crippen molar-refractivity contribution in [2.45, 2.75) is 32.1 Å². The van der Waals surface area contributed by atoms with Gasteiger partial charge < -0.3 is 5.32 Å². The van der Waals surface area contributed by atoms with E-state index in [0.29, 0.717) is 0 Å². The highest BCUT2D eigenvalue weighted by molar-refractivity contribution is 4.96. The number of rotatable bonds is 4. The van der Waals surface area contributed by atoms with E-state index in [0.717, 1.165) is 23.7 Å². The molecule has 1 heteroatoms. The Morgan fingerprint density at radius 1 is 0.833 bits per heavy atom. The van der Waals surface area contributed by atoms with Crippen LogP contribution in [0.15, 0.2) is 0 Å². The Hall–Kier alpha value is -0.0400. The molecular weight excluding hydrogens is 146 g/mol. The second-order valence-corrected chi connectivity index (χ2v) is 5.19. The van der Waals surface area contributed by atoms with Gasteiger partial charge in [-0.25, -0.2) is 0 Å². The normalized spacial score (nSPS) is 44.5. The predicted molar refractivity (Wildman–Crippen MR) is 49.9 cm³/mol. The summed E-state index contributed by atoms with van der Waals surface area (Å²) in [4.78, 5) is 0. The van der Waals surface area contributed by atoms with Gasteiger partial charge >= 0.3 is 0 Å². The molecule has 0 amide bonds. The second kappa shape index (κ2) is 2.73. The molecule has 3 aliphatic rings. The molecule has 2 atom stereocenters. The van der Waals surface area contributed by atoms with Crippen LogP contribution in [-0.4, -0.2) is 13.1 Å². The summed E-state index contributed by atoms with van der Waals surface area (Å²) in [5.74, 6) is 4.43. The second-order valence-electron chi connectivity index (χ2n) is 5.19. The van der Waals surface area contributed by atoms with Gasteiger partial charge in [0.2, 0.25) is 0 Å². The molecule has 0 aromatic carbocycles. The monoisotopic (exact) mass is 165 g/mol. The largest absolute Gasteiger partial charge is 0.316 e. The molecule has 0 bridgehead atoms. The van der Waals surface area contributed by atoms with Crippen molar-refractivity contribution in [3.63, 3.8) is 0 Å². The summed E-state index contributed by atoms with van der Waals surface area (Å²) >= 11 is 0. The third kappa shape index (κ3) is 1.52. The molecule has 0 aromatic rings. The Labute approximate surface area is 74.9 Å². The summed E-state index contributed by atoms with van der Waals surface area (Å²) in [5.41, 5.74) is 0. The van der Waals surface area contributed by atoms with Crippen LogP contribution in [0, 0.1) is 23.7 Å². The van der Waals surface area contributed by atoms with Crippen molar-refractivity contribution in [3.8, 4) is 0 Å². The van der Waals surface area contributed by atoms with Crippen LogP contribution in [0.5, 0.6) is 0 Å². The molecule has 1 nitrogen and oxygen atoms in total. The van der Waals surface area contributed by atoms with Gasteiger partial charge in [0.1, 0.15) is 0 Å². The van der Waals surface area contributed by atoms with Crippen molar-refractivity contribution in [1.29, 1.82) is 0 Å². The molecule has 0 saturated heterocycles. The number of fused-ring (bicyclic) bond motifs is 1. The van der Waals surface area contributed by atoms with Crippen LogP contribution in [0.3, 0.4) is 0 Å². The minimum Gasteiger partial charge on any atom is -0.316 e. The van der Waals surface area contributed by atoms with Crippen LogP contribution in [-0.2, 0) is 0 Å². The van der Waals surface area contributed by atoms with Gasteiger partial charge in [-0.15, -0.1) is 0 Å². The minimum atomic E-state index is 1.05. The molecule has 3 aliphatic carbocycles. The molecule has 3 saturated carbocycles. The molecule has 2 unspecified atom stereocenters. The van der Waals surface area contributed by atoms with E-state index in [2.05, 4.69) is 5.32 Å². The van der Waals surface area contributed by atoms with E-state index in [-0.39, 0.29) is 0 Å².